The van der Waals surface area contributed by atoms with Crippen molar-refractivity contribution in [3.63, 3.8) is 0 Å². The van der Waals surface area contributed by atoms with E-state index in [1.165, 1.54) is 28.8 Å². The zero-order valence-electron chi connectivity index (χ0n) is 11.7. The average Bonchev–Trinajstić information content (AvgIpc) is 2.36. The summed E-state index contributed by atoms with van der Waals surface area (Å²) >= 11 is 0. The first kappa shape index (κ1) is 13.8. The topological polar surface area (TPSA) is 12.0 Å². The Balaban J connectivity index is 2.00. The van der Waals surface area contributed by atoms with Gasteiger partial charge < -0.3 is 5.32 Å². The number of benzene rings is 2. The fraction of sp³-hybridized carbons (Fsp3) is 0.294. The molecular weight excluding hydrogens is 237 g/mol. The molecule has 100 valence electrons. The van der Waals surface area contributed by atoms with Crippen LogP contribution in [-0.2, 0) is 6.54 Å². The first-order valence-corrected chi connectivity index (χ1v) is 6.60. The smallest absolute Gasteiger partial charge is 0.123 e. The lowest BCUT2D eigenvalue weighted by Crippen LogP contribution is -2.18. The summed E-state index contributed by atoms with van der Waals surface area (Å²) in [4.78, 5) is 0. The Morgan fingerprint density at radius 3 is 2.16 bits per heavy atom. The van der Waals surface area contributed by atoms with E-state index in [0.717, 1.165) is 12.1 Å². The van der Waals surface area contributed by atoms with Gasteiger partial charge in [-0.2, -0.15) is 0 Å². The van der Waals surface area contributed by atoms with E-state index in [0.29, 0.717) is 0 Å². The van der Waals surface area contributed by atoms with Gasteiger partial charge in [-0.3, -0.25) is 0 Å². The molecule has 0 aliphatic heterocycles. The molecule has 0 bridgehead atoms. The summed E-state index contributed by atoms with van der Waals surface area (Å²) in [5.74, 6) is -0.189. The van der Waals surface area contributed by atoms with Crippen LogP contribution in [0, 0.1) is 19.7 Å². The van der Waals surface area contributed by atoms with E-state index in [-0.39, 0.29) is 11.9 Å². The first-order valence-electron chi connectivity index (χ1n) is 6.60. The number of hydrogen-bond donors (Lipinski definition) is 1. The van der Waals surface area contributed by atoms with E-state index >= 15 is 0 Å². The lowest BCUT2D eigenvalue weighted by molar-refractivity contribution is 0.572. The highest BCUT2D eigenvalue weighted by atomic mass is 19.1. The first-order chi connectivity index (χ1) is 9.04. The lowest BCUT2D eigenvalue weighted by Gasteiger charge is -2.16. The van der Waals surface area contributed by atoms with Crippen molar-refractivity contribution in [2.75, 3.05) is 0 Å². The van der Waals surface area contributed by atoms with Gasteiger partial charge in [-0.1, -0.05) is 41.5 Å². The third-order valence-corrected chi connectivity index (χ3v) is 3.27. The van der Waals surface area contributed by atoms with Gasteiger partial charge >= 0.3 is 0 Å². The molecule has 0 spiro atoms. The molecule has 1 unspecified atom stereocenters. The maximum absolute atomic E-state index is 12.8. The highest BCUT2D eigenvalue weighted by molar-refractivity contribution is 5.30. The van der Waals surface area contributed by atoms with Crippen LogP contribution in [-0.4, -0.2) is 0 Å². The summed E-state index contributed by atoms with van der Waals surface area (Å²) in [6, 6.07) is 13.5. The molecular formula is C17H20FN. The standard InChI is InChI=1S/C17H20FN/c1-12-8-13(2)10-16(9-12)14(3)19-11-15-4-6-17(18)7-5-15/h4-10,14,19H,11H2,1-3H3. The van der Waals surface area contributed by atoms with Crippen LogP contribution in [0.4, 0.5) is 4.39 Å². The second kappa shape index (κ2) is 5.98. The van der Waals surface area contributed by atoms with Gasteiger partial charge in [0.05, 0.1) is 0 Å². The summed E-state index contributed by atoms with van der Waals surface area (Å²) in [6.45, 7) is 7.12. The summed E-state index contributed by atoms with van der Waals surface area (Å²) in [7, 11) is 0. The second-order valence-electron chi connectivity index (χ2n) is 5.15. The highest BCUT2D eigenvalue weighted by Crippen LogP contribution is 2.17. The van der Waals surface area contributed by atoms with E-state index in [9.17, 15) is 4.39 Å². The van der Waals surface area contributed by atoms with Crippen LogP contribution >= 0.6 is 0 Å². The van der Waals surface area contributed by atoms with Gasteiger partial charge in [0, 0.05) is 12.6 Å². The minimum absolute atomic E-state index is 0.189. The molecule has 0 aromatic heterocycles. The number of aryl methyl sites for hydroxylation is 2. The van der Waals surface area contributed by atoms with Crippen molar-refractivity contribution in [1.29, 1.82) is 0 Å². The molecule has 2 aromatic carbocycles. The molecule has 0 saturated carbocycles. The summed E-state index contributed by atoms with van der Waals surface area (Å²) in [6.07, 6.45) is 0. The highest BCUT2D eigenvalue weighted by Gasteiger charge is 2.06. The van der Waals surface area contributed by atoms with Gasteiger partial charge in [-0.05, 0) is 44.0 Å². The zero-order valence-corrected chi connectivity index (χ0v) is 11.7. The van der Waals surface area contributed by atoms with Gasteiger partial charge in [0.1, 0.15) is 5.82 Å². The van der Waals surface area contributed by atoms with Crippen LogP contribution in [0.15, 0.2) is 42.5 Å². The van der Waals surface area contributed by atoms with Crippen LogP contribution in [0.5, 0.6) is 0 Å². The fourth-order valence-corrected chi connectivity index (χ4v) is 2.25. The van der Waals surface area contributed by atoms with Gasteiger partial charge in [0.25, 0.3) is 0 Å². The normalized spacial score (nSPS) is 12.4. The predicted molar refractivity (Wildman–Crippen MR) is 77.6 cm³/mol. The Bertz CT molecular complexity index is 525. The number of halogens is 1. The van der Waals surface area contributed by atoms with E-state index in [1.807, 2.05) is 12.1 Å². The van der Waals surface area contributed by atoms with Crippen molar-refractivity contribution in [2.45, 2.75) is 33.4 Å². The molecule has 2 rings (SSSR count). The SMILES string of the molecule is Cc1cc(C)cc(C(C)NCc2ccc(F)cc2)c1. The molecule has 1 N–H and O–H groups in total. The molecule has 2 aromatic rings. The maximum atomic E-state index is 12.8. The minimum atomic E-state index is -0.189. The number of hydrogen-bond acceptors (Lipinski definition) is 1. The van der Waals surface area contributed by atoms with Crippen molar-refractivity contribution in [3.8, 4) is 0 Å². The quantitative estimate of drug-likeness (QED) is 0.861. The Labute approximate surface area is 114 Å². The molecule has 1 atom stereocenters. The molecule has 0 saturated heterocycles. The van der Waals surface area contributed by atoms with E-state index < -0.39 is 0 Å². The van der Waals surface area contributed by atoms with Crippen LogP contribution in [0.3, 0.4) is 0 Å². The van der Waals surface area contributed by atoms with Crippen molar-refractivity contribution in [3.05, 3.63) is 70.5 Å². The fourth-order valence-electron chi connectivity index (χ4n) is 2.25. The van der Waals surface area contributed by atoms with Gasteiger partial charge in [-0.15, -0.1) is 0 Å². The van der Waals surface area contributed by atoms with Crippen LogP contribution in [0.1, 0.15) is 35.2 Å². The van der Waals surface area contributed by atoms with Gasteiger partial charge in [0.2, 0.25) is 0 Å². The Hall–Kier alpha value is -1.67. The molecule has 2 heteroatoms. The minimum Gasteiger partial charge on any atom is -0.306 e. The predicted octanol–water partition coefficient (Wildman–Crippen LogP) is 4.29. The summed E-state index contributed by atoms with van der Waals surface area (Å²) in [5.41, 5.74) is 4.95. The number of rotatable bonds is 4. The third-order valence-electron chi connectivity index (χ3n) is 3.27. The Morgan fingerprint density at radius 2 is 1.58 bits per heavy atom. The van der Waals surface area contributed by atoms with Gasteiger partial charge in [-0.25, -0.2) is 4.39 Å². The van der Waals surface area contributed by atoms with Crippen molar-refractivity contribution in [2.24, 2.45) is 0 Å². The zero-order chi connectivity index (χ0) is 13.8. The molecule has 19 heavy (non-hydrogen) atoms. The van der Waals surface area contributed by atoms with Gasteiger partial charge in [0.15, 0.2) is 0 Å². The second-order valence-corrected chi connectivity index (χ2v) is 5.15. The van der Waals surface area contributed by atoms with Crippen LogP contribution < -0.4 is 5.32 Å². The molecule has 0 amide bonds. The molecule has 0 radical (unpaired) electrons. The Kier molecular flexibility index (Phi) is 4.33. The summed E-state index contributed by atoms with van der Waals surface area (Å²) in [5, 5.41) is 3.47. The number of nitrogens with one attached hydrogen (secondary N) is 1. The summed E-state index contributed by atoms with van der Waals surface area (Å²) < 4.78 is 12.8. The Morgan fingerprint density at radius 1 is 1.00 bits per heavy atom. The molecule has 0 fully saturated rings. The molecule has 0 aliphatic rings. The average molecular weight is 257 g/mol. The largest absolute Gasteiger partial charge is 0.306 e. The van der Waals surface area contributed by atoms with Crippen molar-refractivity contribution < 1.29 is 4.39 Å². The van der Waals surface area contributed by atoms with E-state index in [1.54, 1.807) is 0 Å². The molecule has 1 nitrogen and oxygen atoms in total. The molecule has 0 aliphatic carbocycles. The third kappa shape index (κ3) is 3.90. The van der Waals surface area contributed by atoms with Crippen LogP contribution in [0.25, 0.3) is 0 Å². The van der Waals surface area contributed by atoms with E-state index in [4.69, 9.17) is 0 Å². The van der Waals surface area contributed by atoms with Crippen LogP contribution in [0.2, 0.25) is 0 Å². The van der Waals surface area contributed by atoms with E-state index in [2.05, 4.69) is 44.3 Å². The monoisotopic (exact) mass is 257 g/mol. The van der Waals surface area contributed by atoms with Crippen molar-refractivity contribution >= 4 is 0 Å². The van der Waals surface area contributed by atoms with Crippen molar-refractivity contribution in [1.82, 2.24) is 5.32 Å². The molecule has 0 heterocycles. The maximum Gasteiger partial charge on any atom is 0.123 e. The lowest BCUT2D eigenvalue weighted by atomic mass is 10.0.